The Morgan fingerprint density at radius 3 is 2.52 bits per heavy atom. The van der Waals surface area contributed by atoms with Gasteiger partial charge >= 0.3 is 0 Å². The number of rotatable bonds is 4. The van der Waals surface area contributed by atoms with Crippen LogP contribution in [0.25, 0.3) is 22.2 Å². The topological polar surface area (TPSA) is 45.2 Å². The van der Waals surface area contributed by atoms with Gasteiger partial charge in [-0.05, 0) is 45.0 Å². The first kappa shape index (κ1) is 17.7. The van der Waals surface area contributed by atoms with E-state index in [4.69, 9.17) is 4.98 Å². The first-order chi connectivity index (χ1) is 13.3. The number of para-hydroxylation sites is 1. The van der Waals surface area contributed by atoms with E-state index in [1.807, 2.05) is 65.6 Å². The van der Waals surface area contributed by atoms with Crippen LogP contribution in [0.1, 0.15) is 30.1 Å². The minimum atomic E-state index is 0.111. The van der Waals surface area contributed by atoms with E-state index in [9.17, 15) is 4.79 Å². The molecule has 4 heteroatoms. The number of carbonyl (C=O) groups excluding carboxylic acids is 1. The normalized spacial score (nSPS) is 15.0. The molecule has 1 aromatic heterocycles. The number of hydrogen-bond donors (Lipinski definition) is 1. The van der Waals surface area contributed by atoms with Crippen molar-refractivity contribution in [3.05, 3.63) is 66.2 Å². The average Bonchev–Trinajstić information content (AvgIpc) is 2.75. The van der Waals surface area contributed by atoms with Gasteiger partial charge in [-0.2, -0.15) is 0 Å². The molecule has 27 heavy (non-hydrogen) atoms. The van der Waals surface area contributed by atoms with E-state index in [0.29, 0.717) is 6.04 Å². The maximum atomic E-state index is 13.6. The van der Waals surface area contributed by atoms with E-state index in [1.165, 1.54) is 0 Å². The number of hydrogen-bond acceptors (Lipinski definition) is 3. The first-order valence-corrected chi connectivity index (χ1v) is 9.75. The summed E-state index contributed by atoms with van der Waals surface area (Å²) in [4.78, 5) is 20.4. The average molecular weight is 359 g/mol. The molecule has 138 valence electrons. The minimum absolute atomic E-state index is 0.111. The Morgan fingerprint density at radius 1 is 1.07 bits per heavy atom. The smallest absolute Gasteiger partial charge is 0.254 e. The predicted octanol–water partition coefficient (Wildman–Crippen LogP) is 4.12. The van der Waals surface area contributed by atoms with Gasteiger partial charge in [0.2, 0.25) is 0 Å². The molecule has 4 rings (SSSR count). The van der Waals surface area contributed by atoms with Crippen LogP contribution in [-0.4, -0.2) is 41.5 Å². The first-order valence-electron chi connectivity index (χ1n) is 9.75. The Morgan fingerprint density at radius 2 is 1.78 bits per heavy atom. The molecule has 1 amide bonds. The molecule has 2 aromatic carbocycles. The van der Waals surface area contributed by atoms with Gasteiger partial charge in [-0.3, -0.25) is 4.79 Å². The summed E-state index contributed by atoms with van der Waals surface area (Å²) >= 11 is 0. The molecule has 0 spiro atoms. The van der Waals surface area contributed by atoms with Crippen molar-refractivity contribution in [1.82, 2.24) is 15.2 Å². The Hall–Kier alpha value is -2.72. The van der Waals surface area contributed by atoms with Gasteiger partial charge in [-0.1, -0.05) is 48.5 Å². The molecule has 3 aromatic rings. The lowest BCUT2D eigenvalue weighted by molar-refractivity contribution is 0.0658. The maximum absolute atomic E-state index is 13.6. The second-order valence-electron chi connectivity index (χ2n) is 7.01. The fraction of sp³-hybridized carbons (Fsp3) is 0.304. The summed E-state index contributed by atoms with van der Waals surface area (Å²) in [7, 11) is 0. The standard InChI is InChI=1S/C23H25N3O/c1-2-26(18-12-14-24-15-13-18)23(27)20-16-22(17-8-4-3-5-9-17)25-21-11-7-6-10-19(20)21/h3-11,16,18,24H,2,12-15H2,1H3. The molecule has 0 bridgehead atoms. The highest BCUT2D eigenvalue weighted by atomic mass is 16.2. The Labute approximate surface area is 160 Å². The third-order valence-electron chi connectivity index (χ3n) is 5.37. The fourth-order valence-electron chi connectivity index (χ4n) is 3.95. The Bertz CT molecular complexity index is 933. The summed E-state index contributed by atoms with van der Waals surface area (Å²) in [6.45, 7) is 4.74. The monoisotopic (exact) mass is 359 g/mol. The zero-order chi connectivity index (χ0) is 18.6. The minimum Gasteiger partial charge on any atom is -0.336 e. The molecule has 0 atom stereocenters. The zero-order valence-electron chi connectivity index (χ0n) is 15.7. The van der Waals surface area contributed by atoms with Crippen LogP contribution in [0, 0.1) is 0 Å². The van der Waals surface area contributed by atoms with Crippen LogP contribution in [0.15, 0.2) is 60.7 Å². The van der Waals surface area contributed by atoms with E-state index in [-0.39, 0.29) is 5.91 Å². The second kappa shape index (κ2) is 7.89. The van der Waals surface area contributed by atoms with Gasteiger partial charge in [0, 0.05) is 23.5 Å². The molecule has 0 saturated carbocycles. The van der Waals surface area contributed by atoms with E-state index < -0.39 is 0 Å². The molecule has 4 nitrogen and oxygen atoms in total. The lowest BCUT2D eigenvalue weighted by atomic mass is 10.00. The summed E-state index contributed by atoms with van der Waals surface area (Å²) in [6, 6.07) is 20.3. The van der Waals surface area contributed by atoms with Crippen molar-refractivity contribution in [3.63, 3.8) is 0 Å². The summed E-state index contributed by atoms with van der Waals surface area (Å²) in [5, 5.41) is 4.31. The molecular formula is C23H25N3O. The third-order valence-corrected chi connectivity index (χ3v) is 5.37. The summed E-state index contributed by atoms with van der Waals surface area (Å²) in [5.41, 5.74) is 3.49. The summed E-state index contributed by atoms with van der Waals surface area (Å²) in [5.74, 6) is 0.111. The van der Waals surface area contributed by atoms with Crippen LogP contribution < -0.4 is 5.32 Å². The van der Waals surface area contributed by atoms with Crippen molar-refractivity contribution < 1.29 is 4.79 Å². The molecular weight excluding hydrogens is 334 g/mol. The number of benzene rings is 2. The number of aromatic nitrogens is 1. The number of fused-ring (bicyclic) bond motifs is 1. The lowest BCUT2D eigenvalue weighted by Crippen LogP contribution is -2.46. The van der Waals surface area contributed by atoms with Gasteiger partial charge in [-0.15, -0.1) is 0 Å². The Balaban J connectivity index is 1.80. The summed E-state index contributed by atoms with van der Waals surface area (Å²) in [6.07, 6.45) is 2.02. The molecule has 0 unspecified atom stereocenters. The number of pyridine rings is 1. The van der Waals surface area contributed by atoms with Crippen LogP contribution in [-0.2, 0) is 0 Å². The van der Waals surface area contributed by atoms with Crippen LogP contribution in [0.2, 0.25) is 0 Å². The highest BCUT2D eigenvalue weighted by Crippen LogP contribution is 2.27. The molecule has 1 aliphatic heterocycles. The fourth-order valence-corrected chi connectivity index (χ4v) is 3.95. The van der Waals surface area contributed by atoms with Crippen LogP contribution in [0.5, 0.6) is 0 Å². The van der Waals surface area contributed by atoms with E-state index >= 15 is 0 Å². The molecule has 0 aliphatic carbocycles. The van der Waals surface area contributed by atoms with Crippen molar-refractivity contribution in [2.24, 2.45) is 0 Å². The van der Waals surface area contributed by atoms with Crippen LogP contribution in [0.4, 0.5) is 0 Å². The van der Waals surface area contributed by atoms with Crippen LogP contribution >= 0.6 is 0 Å². The van der Waals surface area contributed by atoms with Gasteiger partial charge < -0.3 is 10.2 Å². The van der Waals surface area contributed by atoms with E-state index in [0.717, 1.165) is 60.2 Å². The van der Waals surface area contributed by atoms with Crippen molar-refractivity contribution in [3.8, 4) is 11.3 Å². The van der Waals surface area contributed by atoms with Gasteiger partial charge in [0.15, 0.2) is 0 Å². The predicted molar refractivity (Wildman–Crippen MR) is 110 cm³/mol. The molecule has 2 heterocycles. The molecule has 1 aliphatic rings. The second-order valence-corrected chi connectivity index (χ2v) is 7.01. The van der Waals surface area contributed by atoms with Crippen LogP contribution in [0.3, 0.4) is 0 Å². The maximum Gasteiger partial charge on any atom is 0.254 e. The van der Waals surface area contributed by atoms with Crippen molar-refractivity contribution >= 4 is 16.8 Å². The molecule has 1 N–H and O–H groups in total. The molecule has 1 fully saturated rings. The molecule has 1 saturated heterocycles. The number of amides is 1. The Kier molecular flexibility index (Phi) is 5.16. The zero-order valence-corrected chi connectivity index (χ0v) is 15.7. The lowest BCUT2D eigenvalue weighted by Gasteiger charge is -2.34. The highest BCUT2D eigenvalue weighted by Gasteiger charge is 2.26. The van der Waals surface area contributed by atoms with Crippen molar-refractivity contribution in [1.29, 1.82) is 0 Å². The van der Waals surface area contributed by atoms with Crippen molar-refractivity contribution in [2.45, 2.75) is 25.8 Å². The quantitative estimate of drug-likeness (QED) is 0.762. The number of nitrogens with one attached hydrogen (secondary N) is 1. The van der Waals surface area contributed by atoms with Crippen molar-refractivity contribution in [2.75, 3.05) is 19.6 Å². The highest BCUT2D eigenvalue weighted by molar-refractivity contribution is 6.07. The van der Waals surface area contributed by atoms with Gasteiger partial charge in [0.1, 0.15) is 0 Å². The molecule has 0 radical (unpaired) electrons. The third kappa shape index (κ3) is 3.58. The van der Waals surface area contributed by atoms with Gasteiger partial charge in [-0.25, -0.2) is 4.98 Å². The summed E-state index contributed by atoms with van der Waals surface area (Å²) < 4.78 is 0. The number of nitrogens with zero attached hydrogens (tertiary/aromatic N) is 2. The number of piperidine rings is 1. The van der Waals surface area contributed by atoms with Gasteiger partial charge in [0.05, 0.1) is 16.8 Å². The SMILES string of the molecule is CCN(C(=O)c1cc(-c2ccccc2)nc2ccccc12)C1CCNCC1. The van der Waals surface area contributed by atoms with Gasteiger partial charge in [0.25, 0.3) is 5.91 Å². The largest absolute Gasteiger partial charge is 0.336 e. The number of carbonyl (C=O) groups is 1. The van der Waals surface area contributed by atoms with E-state index in [2.05, 4.69) is 12.2 Å². The van der Waals surface area contributed by atoms with E-state index in [1.54, 1.807) is 0 Å².